The standard InChI is InChI=1S/C21H20F3N3O/c22-21(23,24)18-13-17(8-7-16(18)14-26-10-3-4-11-26)25-20(28)27-12-9-15-5-1-2-6-19(15)27/h1-2,5-9,12-13H,3-4,10-11,14H2,(H,25,28). The summed E-state index contributed by atoms with van der Waals surface area (Å²) in [5, 5.41) is 3.46. The van der Waals surface area contributed by atoms with Crippen molar-refractivity contribution in [1.29, 1.82) is 0 Å². The van der Waals surface area contributed by atoms with E-state index in [1.807, 2.05) is 17.0 Å². The predicted octanol–water partition coefficient (Wildman–Crippen LogP) is 5.34. The number of hydrogen-bond acceptors (Lipinski definition) is 2. The fraction of sp³-hybridized carbons (Fsp3) is 0.286. The molecular weight excluding hydrogens is 367 g/mol. The van der Waals surface area contributed by atoms with Crippen LogP contribution in [0.1, 0.15) is 24.0 Å². The number of hydrogen-bond donors (Lipinski definition) is 1. The summed E-state index contributed by atoms with van der Waals surface area (Å²) >= 11 is 0. The normalized spacial score (nSPS) is 15.2. The van der Waals surface area contributed by atoms with Gasteiger partial charge in [-0.2, -0.15) is 13.2 Å². The lowest BCUT2D eigenvalue weighted by Crippen LogP contribution is -2.22. The zero-order valence-electron chi connectivity index (χ0n) is 15.2. The molecule has 3 aromatic rings. The summed E-state index contributed by atoms with van der Waals surface area (Å²) in [5.74, 6) is 0. The molecule has 1 aromatic heterocycles. The minimum atomic E-state index is -4.48. The second-order valence-electron chi connectivity index (χ2n) is 7.03. The molecule has 0 bridgehead atoms. The van der Waals surface area contributed by atoms with Gasteiger partial charge in [0.05, 0.1) is 11.1 Å². The SMILES string of the molecule is O=C(Nc1ccc(CN2CCCC2)c(C(F)(F)F)c1)n1ccc2ccccc21. The van der Waals surface area contributed by atoms with E-state index in [0.717, 1.165) is 37.4 Å². The van der Waals surface area contributed by atoms with Crippen LogP contribution in [0, 0.1) is 0 Å². The van der Waals surface area contributed by atoms with Crippen LogP contribution in [0.3, 0.4) is 0 Å². The largest absolute Gasteiger partial charge is 0.416 e. The first kappa shape index (κ1) is 18.6. The molecule has 0 atom stereocenters. The minimum absolute atomic E-state index is 0.125. The highest BCUT2D eigenvalue weighted by Crippen LogP contribution is 2.35. The molecule has 1 aliphatic heterocycles. The van der Waals surface area contributed by atoms with Crippen LogP contribution in [0.2, 0.25) is 0 Å². The fourth-order valence-electron chi connectivity index (χ4n) is 3.68. The number of carbonyl (C=O) groups is 1. The average Bonchev–Trinajstić information content (AvgIpc) is 3.31. The summed E-state index contributed by atoms with van der Waals surface area (Å²) in [6.45, 7) is 1.90. The number of fused-ring (bicyclic) bond motifs is 1. The monoisotopic (exact) mass is 387 g/mol. The molecule has 1 saturated heterocycles. The minimum Gasteiger partial charge on any atom is -0.307 e. The van der Waals surface area contributed by atoms with Crippen molar-refractivity contribution in [3.05, 3.63) is 65.9 Å². The molecule has 0 aliphatic carbocycles. The Morgan fingerprint density at radius 3 is 2.54 bits per heavy atom. The molecule has 0 saturated carbocycles. The Labute approximate surface area is 160 Å². The van der Waals surface area contributed by atoms with Crippen molar-refractivity contribution in [3.63, 3.8) is 0 Å². The average molecular weight is 387 g/mol. The van der Waals surface area contributed by atoms with Gasteiger partial charge in [-0.25, -0.2) is 4.79 Å². The number of rotatable bonds is 3. The van der Waals surface area contributed by atoms with Crippen molar-refractivity contribution < 1.29 is 18.0 Å². The van der Waals surface area contributed by atoms with Crippen LogP contribution in [0.25, 0.3) is 10.9 Å². The molecule has 0 radical (unpaired) electrons. The Balaban J connectivity index is 1.60. The summed E-state index contributed by atoms with van der Waals surface area (Å²) in [6.07, 6.45) is -0.844. The Morgan fingerprint density at radius 1 is 1.04 bits per heavy atom. The van der Waals surface area contributed by atoms with Gasteiger partial charge in [-0.15, -0.1) is 0 Å². The topological polar surface area (TPSA) is 37.3 Å². The number of halogens is 3. The Hall–Kier alpha value is -2.80. The number of nitrogens with zero attached hydrogens (tertiary/aromatic N) is 2. The summed E-state index contributed by atoms with van der Waals surface area (Å²) in [4.78, 5) is 14.6. The number of likely N-dealkylation sites (tertiary alicyclic amines) is 1. The number of aromatic nitrogens is 1. The first-order valence-electron chi connectivity index (χ1n) is 9.22. The molecule has 1 N–H and O–H groups in total. The first-order chi connectivity index (χ1) is 13.4. The second kappa shape index (κ2) is 7.31. The molecule has 4 nitrogen and oxygen atoms in total. The van der Waals surface area contributed by atoms with E-state index in [4.69, 9.17) is 0 Å². The van der Waals surface area contributed by atoms with Crippen LogP contribution >= 0.6 is 0 Å². The molecule has 0 spiro atoms. The fourth-order valence-corrected chi connectivity index (χ4v) is 3.68. The smallest absolute Gasteiger partial charge is 0.307 e. The molecule has 2 heterocycles. The van der Waals surface area contributed by atoms with Gasteiger partial charge in [-0.05, 0) is 55.8 Å². The number of carbonyl (C=O) groups excluding carboxylic acids is 1. The van der Waals surface area contributed by atoms with Crippen LogP contribution in [0.4, 0.5) is 23.7 Å². The van der Waals surface area contributed by atoms with Crippen LogP contribution < -0.4 is 5.32 Å². The molecule has 2 aromatic carbocycles. The van der Waals surface area contributed by atoms with Gasteiger partial charge in [0.1, 0.15) is 0 Å². The predicted molar refractivity (Wildman–Crippen MR) is 102 cm³/mol. The van der Waals surface area contributed by atoms with Gasteiger partial charge in [0.25, 0.3) is 0 Å². The lowest BCUT2D eigenvalue weighted by molar-refractivity contribution is -0.138. The highest BCUT2D eigenvalue weighted by atomic mass is 19.4. The quantitative estimate of drug-likeness (QED) is 0.659. The zero-order chi connectivity index (χ0) is 19.7. The third kappa shape index (κ3) is 3.75. The number of nitrogens with one attached hydrogen (secondary N) is 1. The molecule has 7 heteroatoms. The maximum Gasteiger partial charge on any atom is 0.416 e. The number of para-hydroxylation sites is 1. The number of amides is 1. The van der Waals surface area contributed by atoms with E-state index in [-0.39, 0.29) is 17.8 Å². The summed E-state index contributed by atoms with van der Waals surface area (Å²) in [7, 11) is 0. The molecule has 28 heavy (non-hydrogen) atoms. The van der Waals surface area contributed by atoms with Crippen LogP contribution in [-0.4, -0.2) is 28.6 Å². The van der Waals surface area contributed by atoms with E-state index in [2.05, 4.69) is 5.32 Å². The lowest BCUT2D eigenvalue weighted by atomic mass is 10.1. The van der Waals surface area contributed by atoms with Crippen molar-refractivity contribution in [2.24, 2.45) is 0 Å². The highest BCUT2D eigenvalue weighted by Gasteiger charge is 2.34. The van der Waals surface area contributed by atoms with Crippen molar-refractivity contribution in [1.82, 2.24) is 9.47 Å². The summed E-state index contributed by atoms with van der Waals surface area (Å²) < 4.78 is 42.1. The van der Waals surface area contributed by atoms with Crippen molar-refractivity contribution >= 4 is 22.6 Å². The Morgan fingerprint density at radius 2 is 1.79 bits per heavy atom. The third-order valence-electron chi connectivity index (χ3n) is 5.08. The molecule has 4 rings (SSSR count). The summed E-state index contributed by atoms with van der Waals surface area (Å²) in [6, 6.07) is 12.6. The molecule has 146 valence electrons. The Kier molecular flexibility index (Phi) is 4.85. The zero-order valence-corrected chi connectivity index (χ0v) is 15.2. The van der Waals surface area contributed by atoms with E-state index in [1.54, 1.807) is 24.4 Å². The van der Waals surface area contributed by atoms with Crippen LogP contribution in [0.5, 0.6) is 0 Å². The Bertz CT molecular complexity index is 1000. The van der Waals surface area contributed by atoms with Crippen LogP contribution in [-0.2, 0) is 12.7 Å². The van der Waals surface area contributed by atoms with E-state index < -0.39 is 17.8 Å². The van der Waals surface area contributed by atoms with Gasteiger partial charge in [-0.3, -0.25) is 9.47 Å². The van der Waals surface area contributed by atoms with Gasteiger partial charge in [0.2, 0.25) is 0 Å². The molecule has 1 amide bonds. The second-order valence-corrected chi connectivity index (χ2v) is 7.03. The van der Waals surface area contributed by atoms with Crippen LogP contribution in [0.15, 0.2) is 54.7 Å². The van der Waals surface area contributed by atoms with Gasteiger partial charge >= 0.3 is 12.2 Å². The maximum absolute atomic E-state index is 13.6. The maximum atomic E-state index is 13.6. The van der Waals surface area contributed by atoms with Crippen molar-refractivity contribution in [2.75, 3.05) is 18.4 Å². The van der Waals surface area contributed by atoms with Crippen molar-refractivity contribution in [3.8, 4) is 0 Å². The number of alkyl halides is 3. The molecule has 1 fully saturated rings. The third-order valence-corrected chi connectivity index (χ3v) is 5.08. The first-order valence-corrected chi connectivity index (χ1v) is 9.22. The van der Waals surface area contributed by atoms with E-state index in [9.17, 15) is 18.0 Å². The molecular formula is C21H20F3N3O. The van der Waals surface area contributed by atoms with Gasteiger partial charge in [0.15, 0.2) is 0 Å². The van der Waals surface area contributed by atoms with Crippen molar-refractivity contribution in [2.45, 2.75) is 25.6 Å². The van der Waals surface area contributed by atoms with Gasteiger partial charge in [-0.1, -0.05) is 24.3 Å². The highest BCUT2D eigenvalue weighted by molar-refractivity contribution is 5.98. The van der Waals surface area contributed by atoms with E-state index in [0.29, 0.717) is 5.52 Å². The number of anilines is 1. The lowest BCUT2D eigenvalue weighted by Gasteiger charge is -2.20. The van der Waals surface area contributed by atoms with Gasteiger partial charge in [0, 0.05) is 23.8 Å². The van der Waals surface area contributed by atoms with E-state index in [1.165, 1.54) is 16.7 Å². The van der Waals surface area contributed by atoms with E-state index >= 15 is 0 Å². The van der Waals surface area contributed by atoms with Gasteiger partial charge < -0.3 is 5.32 Å². The molecule has 1 aliphatic rings. The summed E-state index contributed by atoms with van der Waals surface area (Å²) in [5.41, 5.74) is 0.357. The number of benzene rings is 2. The molecule has 0 unspecified atom stereocenters.